The molecule has 1 aliphatic rings. The average molecular weight is 174 g/mol. The molecule has 5 heteroatoms. The van der Waals surface area contributed by atoms with Crippen molar-refractivity contribution in [2.75, 3.05) is 0 Å². The normalized spacial score (nSPS) is 27.2. The summed E-state index contributed by atoms with van der Waals surface area (Å²) in [6.45, 7) is 3.42. The minimum absolute atomic E-state index is 0.226. The first-order valence-electron chi connectivity index (χ1n) is 3.35. The SMILES string of the molecule is CC(S)N1C(=O)NC(=O)C1C. The molecule has 0 saturated carbocycles. The maximum absolute atomic E-state index is 11.0. The number of thiol groups is 1. The first-order chi connectivity index (χ1) is 5.04. The van der Waals surface area contributed by atoms with E-state index in [-0.39, 0.29) is 17.3 Å². The first-order valence-corrected chi connectivity index (χ1v) is 3.87. The molecule has 3 amide bonds. The van der Waals surface area contributed by atoms with Crippen molar-refractivity contribution in [1.82, 2.24) is 10.2 Å². The van der Waals surface area contributed by atoms with E-state index in [0.29, 0.717) is 0 Å². The fraction of sp³-hybridized carbons (Fsp3) is 0.667. The van der Waals surface area contributed by atoms with Crippen LogP contribution in [0.3, 0.4) is 0 Å². The molecular formula is C6H10N2O2S. The molecule has 0 radical (unpaired) electrons. The van der Waals surface area contributed by atoms with Crippen molar-refractivity contribution in [3.63, 3.8) is 0 Å². The molecular weight excluding hydrogens is 164 g/mol. The number of imide groups is 1. The van der Waals surface area contributed by atoms with Gasteiger partial charge in [-0.2, -0.15) is 12.6 Å². The van der Waals surface area contributed by atoms with Crippen LogP contribution in [-0.2, 0) is 4.79 Å². The second-order valence-corrected chi connectivity index (χ2v) is 3.26. The number of nitrogens with zero attached hydrogens (tertiary/aromatic N) is 1. The molecule has 1 rings (SSSR count). The van der Waals surface area contributed by atoms with Crippen molar-refractivity contribution < 1.29 is 9.59 Å². The summed E-state index contributed by atoms with van der Waals surface area (Å²) in [4.78, 5) is 23.3. The predicted octanol–water partition coefficient (Wildman–Crippen LogP) is 0.202. The van der Waals surface area contributed by atoms with E-state index in [1.54, 1.807) is 13.8 Å². The minimum Gasteiger partial charge on any atom is -0.301 e. The summed E-state index contributed by atoms with van der Waals surface area (Å²) >= 11 is 4.07. The number of hydrogen-bond acceptors (Lipinski definition) is 3. The Labute approximate surface area is 70.3 Å². The largest absolute Gasteiger partial charge is 0.325 e. The lowest BCUT2D eigenvalue weighted by molar-refractivity contribution is -0.121. The smallest absolute Gasteiger partial charge is 0.301 e. The van der Waals surface area contributed by atoms with Gasteiger partial charge in [0.2, 0.25) is 0 Å². The van der Waals surface area contributed by atoms with Crippen molar-refractivity contribution in [2.24, 2.45) is 0 Å². The highest BCUT2D eigenvalue weighted by Crippen LogP contribution is 2.13. The lowest BCUT2D eigenvalue weighted by Gasteiger charge is -2.21. The van der Waals surface area contributed by atoms with Crippen LogP contribution in [0.1, 0.15) is 13.8 Å². The third-order valence-electron chi connectivity index (χ3n) is 1.66. The van der Waals surface area contributed by atoms with Gasteiger partial charge in [0.05, 0.1) is 5.37 Å². The Hall–Kier alpha value is -0.710. The monoisotopic (exact) mass is 174 g/mol. The van der Waals surface area contributed by atoms with E-state index in [1.165, 1.54) is 4.90 Å². The van der Waals surface area contributed by atoms with Crippen LogP contribution in [0.2, 0.25) is 0 Å². The average Bonchev–Trinajstić information content (AvgIpc) is 2.07. The second-order valence-electron chi connectivity index (χ2n) is 2.51. The van der Waals surface area contributed by atoms with E-state index in [9.17, 15) is 9.59 Å². The molecule has 1 heterocycles. The number of carbonyl (C=O) groups excluding carboxylic acids is 2. The molecule has 1 aliphatic heterocycles. The highest BCUT2D eigenvalue weighted by molar-refractivity contribution is 7.80. The number of rotatable bonds is 1. The van der Waals surface area contributed by atoms with Crippen molar-refractivity contribution >= 4 is 24.6 Å². The molecule has 2 unspecified atom stereocenters. The van der Waals surface area contributed by atoms with Crippen LogP contribution in [0.15, 0.2) is 0 Å². The summed E-state index contributed by atoms with van der Waals surface area (Å²) < 4.78 is 0. The van der Waals surface area contributed by atoms with Gasteiger partial charge in [-0.25, -0.2) is 4.79 Å². The van der Waals surface area contributed by atoms with Crippen LogP contribution in [0.4, 0.5) is 4.79 Å². The third kappa shape index (κ3) is 1.33. The molecule has 1 saturated heterocycles. The predicted molar refractivity (Wildman–Crippen MR) is 43.3 cm³/mol. The summed E-state index contributed by atoms with van der Waals surface area (Å²) in [5.41, 5.74) is 0. The van der Waals surface area contributed by atoms with E-state index >= 15 is 0 Å². The Morgan fingerprint density at radius 2 is 2.18 bits per heavy atom. The van der Waals surface area contributed by atoms with Gasteiger partial charge in [-0.3, -0.25) is 10.1 Å². The molecule has 0 aromatic heterocycles. The van der Waals surface area contributed by atoms with Crippen molar-refractivity contribution in [3.05, 3.63) is 0 Å². The van der Waals surface area contributed by atoms with Gasteiger partial charge in [0.25, 0.3) is 5.91 Å². The van der Waals surface area contributed by atoms with Crippen LogP contribution in [0.25, 0.3) is 0 Å². The van der Waals surface area contributed by atoms with Crippen LogP contribution < -0.4 is 5.32 Å². The van der Waals surface area contributed by atoms with Gasteiger partial charge in [-0.1, -0.05) is 0 Å². The van der Waals surface area contributed by atoms with Gasteiger partial charge < -0.3 is 4.90 Å². The van der Waals surface area contributed by atoms with Gasteiger partial charge in [0, 0.05) is 0 Å². The molecule has 62 valence electrons. The maximum Gasteiger partial charge on any atom is 0.325 e. The Morgan fingerprint density at radius 3 is 2.36 bits per heavy atom. The molecule has 4 nitrogen and oxygen atoms in total. The third-order valence-corrected chi connectivity index (χ3v) is 1.91. The number of nitrogens with one attached hydrogen (secondary N) is 1. The van der Waals surface area contributed by atoms with E-state index in [4.69, 9.17) is 0 Å². The molecule has 0 spiro atoms. The minimum atomic E-state index is -0.394. The zero-order valence-electron chi connectivity index (χ0n) is 6.37. The fourth-order valence-corrected chi connectivity index (χ4v) is 1.37. The van der Waals surface area contributed by atoms with Gasteiger partial charge >= 0.3 is 6.03 Å². The standard InChI is InChI=1S/C6H10N2O2S/c1-3-5(9)7-6(10)8(3)4(2)11/h3-4,11H,1-2H3,(H,7,9,10). The molecule has 1 fully saturated rings. The molecule has 0 aliphatic carbocycles. The fourth-order valence-electron chi connectivity index (χ4n) is 1.07. The number of carbonyl (C=O) groups is 2. The van der Waals surface area contributed by atoms with Crippen molar-refractivity contribution in [1.29, 1.82) is 0 Å². The van der Waals surface area contributed by atoms with E-state index in [2.05, 4.69) is 17.9 Å². The van der Waals surface area contributed by atoms with Crippen LogP contribution in [-0.4, -0.2) is 28.3 Å². The van der Waals surface area contributed by atoms with E-state index < -0.39 is 6.04 Å². The zero-order chi connectivity index (χ0) is 8.59. The first kappa shape index (κ1) is 8.39. The quantitative estimate of drug-likeness (QED) is 0.441. The van der Waals surface area contributed by atoms with Gasteiger partial charge in [-0.05, 0) is 13.8 Å². The molecule has 0 aromatic carbocycles. The summed E-state index contributed by atoms with van der Waals surface area (Å²) in [5.74, 6) is -0.254. The molecule has 0 aromatic rings. The lowest BCUT2D eigenvalue weighted by Crippen LogP contribution is -2.37. The highest BCUT2D eigenvalue weighted by atomic mass is 32.1. The van der Waals surface area contributed by atoms with E-state index in [0.717, 1.165) is 0 Å². The van der Waals surface area contributed by atoms with Crippen molar-refractivity contribution in [2.45, 2.75) is 25.3 Å². The van der Waals surface area contributed by atoms with Crippen LogP contribution in [0, 0.1) is 0 Å². The topological polar surface area (TPSA) is 49.4 Å². The number of hydrogen-bond donors (Lipinski definition) is 2. The van der Waals surface area contributed by atoms with Crippen LogP contribution >= 0.6 is 12.6 Å². The Balaban J connectivity index is 2.79. The molecule has 2 atom stereocenters. The van der Waals surface area contributed by atoms with Gasteiger partial charge in [0.1, 0.15) is 6.04 Å². The van der Waals surface area contributed by atoms with E-state index in [1.807, 2.05) is 0 Å². The zero-order valence-corrected chi connectivity index (χ0v) is 7.26. The Bertz CT molecular complexity index is 205. The lowest BCUT2D eigenvalue weighted by atomic mass is 10.3. The second kappa shape index (κ2) is 2.73. The highest BCUT2D eigenvalue weighted by Gasteiger charge is 2.36. The molecule has 11 heavy (non-hydrogen) atoms. The maximum atomic E-state index is 11.0. The number of urea groups is 1. The molecule has 1 N–H and O–H groups in total. The summed E-state index contributed by atoms with van der Waals surface area (Å²) in [6, 6.07) is -0.750. The Kier molecular flexibility index (Phi) is 2.08. The van der Waals surface area contributed by atoms with Gasteiger partial charge in [-0.15, -0.1) is 0 Å². The van der Waals surface area contributed by atoms with Gasteiger partial charge in [0.15, 0.2) is 0 Å². The van der Waals surface area contributed by atoms with Crippen LogP contribution in [0.5, 0.6) is 0 Å². The van der Waals surface area contributed by atoms with Crippen molar-refractivity contribution in [3.8, 4) is 0 Å². The Morgan fingerprint density at radius 1 is 1.64 bits per heavy atom. The summed E-state index contributed by atoms with van der Waals surface area (Å²) in [7, 11) is 0. The summed E-state index contributed by atoms with van der Waals surface area (Å²) in [5, 5.41) is 1.97. The summed E-state index contributed by atoms with van der Waals surface area (Å²) in [6.07, 6.45) is 0. The molecule has 0 bridgehead atoms. The number of amides is 3.